The van der Waals surface area contributed by atoms with E-state index in [9.17, 15) is 9.18 Å². The minimum Gasteiger partial charge on any atom is -0.324 e. The maximum absolute atomic E-state index is 13.0. The average Bonchev–Trinajstić information content (AvgIpc) is 2.82. The molecule has 1 saturated heterocycles. The molecule has 0 aliphatic carbocycles. The molecule has 0 saturated carbocycles. The van der Waals surface area contributed by atoms with E-state index in [1.165, 1.54) is 12.1 Å². The molecule has 0 spiro atoms. The van der Waals surface area contributed by atoms with Gasteiger partial charge in [-0.2, -0.15) is 0 Å². The molecule has 0 aromatic heterocycles. The van der Waals surface area contributed by atoms with Gasteiger partial charge >= 0.3 is 0 Å². The van der Waals surface area contributed by atoms with Gasteiger partial charge in [-0.1, -0.05) is 6.92 Å². The van der Waals surface area contributed by atoms with E-state index in [2.05, 4.69) is 10.6 Å². The van der Waals surface area contributed by atoms with E-state index in [1.54, 1.807) is 13.0 Å². The van der Waals surface area contributed by atoms with Crippen molar-refractivity contribution in [1.82, 2.24) is 5.32 Å². The third-order valence-corrected chi connectivity index (χ3v) is 3.72. The molecule has 3 nitrogen and oxygen atoms in total. The van der Waals surface area contributed by atoms with E-state index in [-0.39, 0.29) is 11.7 Å². The number of halogens is 1. The monoisotopic (exact) mass is 250 g/mol. The molecule has 4 heteroatoms. The standard InChI is InChI=1S/C14H19FN2O/c1-3-14(7-4-8-16-14)13(18)17-12-6-5-11(15)9-10(12)2/h5-6,9,16H,3-4,7-8H2,1-2H3,(H,17,18). The summed E-state index contributed by atoms with van der Waals surface area (Å²) in [6.45, 7) is 4.68. The lowest BCUT2D eigenvalue weighted by molar-refractivity contribution is -0.122. The Kier molecular flexibility index (Phi) is 3.66. The summed E-state index contributed by atoms with van der Waals surface area (Å²) in [5, 5.41) is 6.19. The van der Waals surface area contributed by atoms with Crippen molar-refractivity contribution in [2.75, 3.05) is 11.9 Å². The first-order valence-corrected chi connectivity index (χ1v) is 6.40. The van der Waals surface area contributed by atoms with Crippen LogP contribution in [0.1, 0.15) is 31.7 Å². The van der Waals surface area contributed by atoms with Crippen molar-refractivity contribution >= 4 is 11.6 Å². The summed E-state index contributed by atoms with van der Waals surface area (Å²) >= 11 is 0. The van der Waals surface area contributed by atoms with Crippen LogP contribution in [0.15, 0.2) is 18.2 Å². The number of carbonyl (C=O) groups excluding carboxylic acids is 1. The van der Waals surface area contributed by atoms with Crippen LogP contribution in [0.4, 0.5) is 10.1 Å². The maximum Gasteiger partial charge on any atom is 0.244 e. The number of anilines is 1. The van der Waals surface area contributed by atoms with E-state index in [4.69, 9.17) is 0 Å². The molecule has 18 heavy (non-hydrogen) atoms. The zero-order chi connectivity index (χ0) is 13.2. The molecular weight excluding hydrogens is 231 g/mol. The van der Waals surface area contributed by atoms with Crippen molar-refractivity contribution in [3.05, 3.63) is 29.6 Å². The van der Waals surface area contributed by atoms with E-state index in [0.717, 1.165) is 31.4 Å². The Morgan fingerprint density at radius 3 is 2.89 bits per heavy atom. The van der Waals surface area contributed by atoms with Crippen LogP contribution in [0.5, 0.6) is 0 Å². The highest BCUT2D eigenvalue weighted by Gasteiger charge is 2.39. The lowest BCUT2D eigenvalue weighted by Gasteiger charge is -2.27. The molecule has 1 atom stereocenters. The highest BCUT2D eigenvalue weighted by molar-refractivity contribution is 5.98. The Balaban J connectivity index is 2.15. The van der Waals surface area contributed by atoms with Gasteiger partial charge in [0.1, 0.15) is 5.82 Å². The van der Waals surface area contributed by atoms with Gasteiger partial charge in [-0.25, -0.2) is 4.39 Å². The molecule has 1 aliphatic heterocycles. The van der Waals surface area contributed by atoms with Gasteiger partial charge in [-0.15, -0.1) is 0 Å². The molecule has 0 radical (unpaired) electrons. The Hall–Kier alpha value is -1.42. The fourth-order valence-electron chi connectivity index (χ4n) is 2.47. The van der Waals surface area contributed by atoms with Gasteiger partial charge < -0.3 is 10.6 Å². The van der Waals surface area contributed by atoms with Crippen LogP contribution >= 0.6 is 0 Å². The molecule has 1 unspecified atom stereocenters. The summed E-state index contributed by atoms with van der Waals surface area (Å²) in [7, 11) is 0. The number of rotatable bonds is 3. The predicted molar refractivity (Wildman–Crippen MR) is 70.0 cm³/mol. The normalized spacial score (nSPS) is 23.1. The molecule has 1 aromatic carbocycles. The number of amides is 1. The minimum atomic E-state index is -0.458. The lowest BCUT2D eigenvalue weighted by atomic mass is 9.93. The van der Waals surface area contributed by atoms with Crippen LogP contribution in [0.2, 0.25) is 0 Å². The molecule has 1 fully saturated rings. The SMILES string of the molecule is CCC1(C(=O)Nc2ccc(F)cc2C)CCCN1. The van der Waals surface area contributed by atoms with Crippen LogP contribution < -0.4 is 10.6 Å². The molecule has 1 aromatic rings. The fourth-order valence-corrected chi connectivity index (χ4v) is 2.47. The summed E-state index contributed by atoms with van der Waals surface area (Å²) in [5.41, 5.74) is 0.969. The number of carbonyl (C=O) groups is 1. The third kappa shape index (κ3) is 2.38. The van der Waals surface area contributed by atoms with Crippen molar-refractivity contribution < 1.29 is 9.18 Å². The molecule has 98 valence electrons. The highest BCUT2D eigenvalue weighted by atomic mass is 19.1. The molecule has 1 aliphatic rings. The molecule has 2 rings (SSSR count). The van der Waals surface area contributed by atoms with E-state index in [0.29, 0.717) is 5.69 Å². The summed E-state index contributed by atoms with van der Waals surface area (Å²) in [6, 6.07) is 4.40. The second kappa shape index (κ2) is 5.06. The van der Waals surface area contributed by atoms with Gasteiger partial charge in [0, 0.05) is 5.69 Å². The van der Waals surface area contributed by atoms with Crippen molar-refractivity contribution in [3.8, 4) is 0 Å². The topological polar surface area (TPSA) is 41.1 Å². The Morgan fingerprint density at radius 1 is 1.56 bits per heavy atom. The number of hydrogen-bond acceptors (Lipinski definition) is 2. The molecule has 1 heterocycles. The fraction of sp³-hybridized carbons (Fsp3) is 0.500. The van der Waals surface area contributed by atoms with Crippen LogP contribution in [0.25, 0.3) is 0 Å². The number of nitrogens with one attached hydrogen (secondary N) is 2. The summed E-state index contributed by atoms with van der Waals surface area (Å²) in [5.74, 6) is -0.299. The zero-order valence-corrected chi connectivity index (χ0v) is 10.8. The highest BCUT2D eigenvalue weighted by Crippen LogP contribution is 2.25. The van der Waals surface area contributed by atoms with Gasteiger partial charge in [0.15, 0.2) is 0 Å². The van der Waals surface area contributed by atoms with Crippen LogP contribution in [0.3, 0.4) is 0 Å². The maximum atomic E-state index is 13.0. The quantitative estimate of drug-likeness (QED) is 0.865. The number of aryl methyl sites for hydroxylation is 1. The summed E-state index contributed by atoms with van der Waals surface area (Å²) in [6.07, 6.45) is 2.64. The molecule has 1 amide bonds. The van der Waals surface area contributed by atoms with Gasteiger partial charge in [-0.3, -0.25) is 4.79 Å². The molecule has 0 bridgehead atoms. The third-order valence-electron chi connectivity index (χ3n) is 3.72. The Labute approximate surface area is 107 Å². The van der Waals surface area contributed by atoms with Gasteiger partial charge in [-0.05, 0) is 56.5 Å². The summed E-state index contributed by atoms with van der Waals surface area (Å²) in [4.78, 5) is 12.3. The molecule has 2 N–H and O–H groups in total. The first-order chi connectivity index (χ1) is 8.57. The summed E-state index contributed by atoms with van der Waals surface area (Å²) < 4.78 is 13.0. The second-order valence-corrected chi connectivity index (χ2v) is 4.88. The largest absolute Gasteiger partial charge is 0.324 e. The zero-order valence-electron chi connectivity index (χ0n) is 10.8. The number of benzene rings is 1. The Morgan fingerprint density at radius 2 is 2.33 bits per heavy atom. The second-order valence-electron chi connectivity index (χ2n) is 4.88. The first-order valence-electron chi connectivity index (χ1n) is 6.40. The Bertz CT molecular complexity index is 453. The smallest absolute Gasteiger partial charge is 0.244 e. The van der Waals surface area contributed by atoms with Crippen molar-refractivity contribution in [3.63, 3.8) is 0 Å². The van der Waals surface area contributed by atoms with Crippen molar-refractivity contribution in [1.29, 1.82) is 0 Å². The van der Waals surface area contributed by atoms with Crippen molar-refractivity contribution in [2.45, 2.75) is 38.6 Å². The van der Waals surface area contributed by atoms with Crippen LogP contribution in [-0.2, 0) is 4.79 Å². The lowest BCUT2D eigenvalue weighted by Crippen LogP contribution is -2.50. The average molecular weight is 250 g/mol. The minimum absolute atomic E-state index is 0.0165. The van der Waals surface area contributed by atoms with Gasteiger partial charge in [0.25, 0.3) is 0 Å². The van der Waals surface area contributed by atoms with Crippen LogP contribution in [-0.4, -0.2) is 18.0 Å². The van der Waals surface area contributed by atoms with E-state index < -0.39 is 5.54 Å². The van der Waals surface area contributed by atoms with Gasteiger partial charge in [0.2, 0.25) is 5.91 Å². The van der Waals surface area contributed by atoms with Crippen molar-refractivity contribution in [2.24, 2.45) is 0 Å². The van der Waals surface area contributed by atoms with Gasteiger partial charge in [0.05, 0.1) is 5.54 Å². The predicted octanol–water partition coefficient (Wildman–Crippen LogP) is 2.60. The first kappa shape index (κ1) is 13.0. The molecular formula is C14H19FN2O. The van der Waals surface area contributed by atoms with Crippen LogP contribution in [0, 0.1) is 12.7 Å². The van der Waals surface area contributed by atoms with E-state index in [1.807, 2.05) is 6.92 Å². The van der Waals surface area contributed by atoms with E-state index >= 15 is 0 Å². The number of hydrogen-bond donors (Lipinski definition) is 2.